The Balaban J connectivity index is 1.27. The van der Waals surface area contributed by atoms with Gasteiger partial charge in [0.15, 0.2) is 0 Å². The Bertz CT molecular complexity index is 1710. The van der Waals surface area contributed by atoms with Gasteiger partial charge in [0, 0.05) is 13.0 Å². The summed E-state index contributed by atoms with van der Waals surface area (Å²) in [6.07, 6.45) is 1.72. The van der Waals surface area contributed by atoms with E-state index in [4.69, 9.17) is 4.74 Å². The first-order chi connectivity index (χ1) is 24.1. The quantitative estimate of drug-likeness (QED) is 0.334. The first-order valence-corrected chi connectivity index (χ1v) is 17.5. The monoisotopic (exact) mass is 679 g/mol. The van der Waals surface area contributed by atoms with Crippen LogP contribution in [0.5, 0.6) is 5.75 Å². The fourth-order valence-electron chi connectivity index (χ4n) is 7.19. The van der Waals surface area contributed by atoms with Gasteiger partial charge in [0.05, 0.1) is 12.5 Å². The Hall–Kier alpha value is -5.19. The first-order valence-electron chi connectivity index (χ1n) is 17.5. The smallest absolute Gasteiger partial charge is 0.245 e. The number of benzene rings is 3. The zero-order chi connectivity index (χ0) is 35.4. The van der Waals surface area contributed by atoms with E-state index >= 15 is 0 Å². The van der Waals surface area contributed by atoms with Crippen molar-refractivity contribution in [1.29, 1.82) is 0 Å². The van der Waals surface area contributed by atoms with E-state index in [1.807, 2.05) is 74.5 Å². The highest BCUT2D eigenvalue weighted by molar-refractivity contribution is 5.99. The topological polar surface area (TPSA) is 146 Å². The van der Waals surface area contributed by atoms with Gasteiger partial charge in [0.1, 0.15) is 36.5 Å². The third-order valence-electron chi connectivity index (χ3n) is 9.67. The van der Waals surface area contributed by atoms with Gasteiger partial charge in [-0.25, -0.2) is 0 Å². The summed E-state index contributed by atoms with van der Waals surface area (Å²) in [5.74, 6) is -1.91. The van der Waals surface area contributed by atoms with E-state index in [0.717, 1.165) is 27.8 Å². The molecule has 0 unspecified atom stereocenters. The number of fused-ring (bicyclic) bond motifs is 17. The van der Waals surface area contributed by atoms with E-state index in [1.165, 1.54) is 0 Å². The highest BCUT2D eigenvalue weighted by Crippen LogP contribution is 2.44. The molecule has 2 bridgehead atoms. The molecule has 0 aromatic heterocycles. The molecule has 11 nitrogen and oxygen atoms in total. The molecule has 0 saturated carbocycles. The van der Waals surface area contributed by atoms with Crippen molar-refractivity contribution < 1.29 is 28.7 Å². The van der Waals surface area contributed by atoms with Crippen molar-refractivity contribution in [1.82, 2.24) is 26.2 Å². The number of hydrogen-bond donors (Lipinski definition) is 4. The summed E-state index contributed by atoms with van der Waals surface area (Å²) in [6, 6.07) is 19.2. The van der Waals surface area contributed by atoms with Crippen molar-refractivity contribution in [2.45, 2.75) is 76.5 Å². The van der Waals surface area contributed by atoms with E-state index in [2.05, 4.69) is 21.3 Å². The molecule has 50 heavy (non-hydrogen) atoms. The van der Waals surface area contributed by atoms with Crippen LogP contribution in [0.4, 0.5) is 0 Å². The van der Waals surface area contributed by atoms with Crippen LogP contribution in [0.15, 0.2) is 72.8 Å². The van der Waals surface area contributed by atoms with Crippen molar-refractivity contribution in [3.8, 4) is 16.9 Å². The Labute approximate surface area is 292 Å². The lowest BCUT2D eigenvalue weighted by Gasteiger charge is -2.30. The SMILES string of the molecule is CC(C)C[C@@H]1NC(=O)[C@@H](C)NC(=O)[C@@H](NC(=O)C2c3ccccc3-c3ccccc32)Cc2ccc(cc2)OCCNC(=O)[C@H]2CCCN2C1=O. The van der Waals surface area contributed by atoms with Crippen molar-refractivity contribution in [2.24, 2.45) is 5.92 Å². The van der Waals surface area contributed by atoms with Gasteiger partial charge in [-0.15, -0.1) is 0 Å². The number of carbonyl (C=O) groups is 5. The van der Waals surface area contributed by atoms with Gasteiger partial charge in [-0.05, 0) is 72.1 Å². The Morgan fingerprint density at radius 1 is 0.880 bits per heavy atom. The van der Waals surface area contributed by atoms with E-state index in [-0.39, 0.29) is 43.2 Å². The second-order valence-electron chi connectivity index (χ2n) is 13.8. The van der Waals surface area contributed by atoms with Gasteiger partial charge in [0.25, 0.3) is 0 Å². The highest BCUT2D eigenvalue weighted by Gasteiger charge is 2.39. The fourth-order valence-corrected chi connectivity index (χ4v) is 7.19. The Morgan fingerprint density at radius 3 is 2.20 bits per heavy atom. The minimum atomic E-state index is -1.02. The van der Waals surface area contributed by atoms with Crippen LogP contribution in [-0.2, 0) is 30.4 Å². The third-order valence-corrected chi connectivity index (χ3v) is 9.67. The molecule has 3 aromatic rings. The Morgan fingerprint density at radius 2 is 1.54 bits per heavy atom. The van der Waals surface area contributed by atoms with Gasteiger partial charge in [-0.2, -0.15) is 0 Å². The molecule has 262 valence electrons. The number of rotatable bonds is 4. The van der Waals surface area contributed by atoms with Crippen LogP contribution in [0.3, 0.4) is 0 Å². The van der Waals surface area contributed by atoms with Crippen molar-refractivity contribution in [3.63, 3.8) is 0 Å². The summed E-state index contributed by atoms with van der Waals surface area (Å²) in [4.78, 5) is 70.1. The van der Waals surface area contributed by atoms with E-state index in [0.29, 0.717) is 31.6 Å². The molecule has 4 atom stereocenters. The molecule has 1 aliphatic carbocycles. The number of nitrogens with one attached hydrogen (secondary N) is 4. The third kappa shape index (κ3) is 7.51. The highest BCUT2D eigenvalue weighted by atomic mass is 16.5. The van der Waals surface area contributed by atoms with Gasteiger partial charge in [-0.1, -0.05) is 74.5 Å². The maximum Gasteiger partial charge on any atom is 0.245 e. The summed E-state index contributed by atoms with van der Waals surface area (Å²) >= 11 is 0. The van der Waals surface area contributed by atoms with Crippen LogP contribution in [0.25, 0.3) is 11.1 Å². The molecule has 7 rings (SSSR count). The minimum absolute atomic E-state index is 0.0724. The summed E-state index contributed by atoms with van der Waals surface area (Å²) < 4.78 is 5.86. The zero-order valence-corrected chi connectivity index (χ0v) is 28.7. The lowest BCUT2D eigenvalue weighted by atomic mass is 9.95. The van der Waals surface area contributed by atoms with Crippen LogP contribution in [0.1, 0.15) is 62.6 Å². The normalized spacial score (nSPS) is 23.2. The number of ether oxygens (including phenoxy) is 1. The molecular formula is C39H45N5O6. The summed E-state index contributed by atoms with van der Waals surface area (Å²) in [6.45, 7) is 6.35. The van der Waals surface area contributed by atoms with Gasteiger partial charge in [-0.3, -0.25) is 24.0 Å². The second kappa shape index (κ2) is 15.1. The van der Waals surface area contributed by atoms with E-state index < -0.39 is 41.9 Å². The largest absolute Gasteiger partial charge is 0.492 e. The minimum Gasteiger partial charge on any atom is -0.492 e. The molecule has 3 aromatic carbocycles. The van der Waals surface area contributed by atoms with E-state index in [1.54, 1.807) is 24.0 Å². The maximum atomic E-state index is 14.1. The van der Waals surface area contributed by atoms with E-state index in [9.17, 15) is 24.0 Å². The molecule has 4 aliphatic rings. The number of amides is 5. The number of carbonyl (C=O) groups excluding carboxylic acids is 5. The molecule has 1 saturated heterocycles. The summed E-state index contributed by atoms with van der Waals surface area (Å²) in [5.41, 5.74) is 4.47. The zero-order valence-electron chi connectivity index (χ0n) is 28.7. The molecular weight excluding hydrogens is 634 g/mol. The van der Waals surface area contributed by atoms with Gasteiger partial charge < -0.3 is 30.9 Å². The molecule has 0 spiro atoms. The van der Waals surface area contributed by atoms with Crippen LogP contribution in [0.2, 0.25) is 0 Å². The average molecular weight is 680 g/mol. The molecule has 3 heterocycles. The molecule has 5 amide bonds. The molecule has 3 aliphatic heterocycles. The summed E-state index contributed by atoms with van der Waals surface area (Å²) in [7, 11) is 0. The molecule has 4 N–H and O–H groups in total. The van der Waals surface area contributed by atoms with Crippen LogP contribution < -0.4 is 26.0 Å². The number of hydrogen-bond acceptors (Lipinski definition) is 6. The predicted molar refractivity (Wildman–Crippen MR) is 188 cm³/mol. The van der Waals surface area contributed by atoms with Crippen LogP contribution in [0, 0.1) is 5.92 Å². The lowest BCUT2D eigenvalue weighted by molar-refractivity contribution is -0.142. The van der Waals surface area contributed by atoms with Crippen LogP contribution in [-0.4, -0.2) is 78.3 Å². The standard InChI is InChI=1S/C39H45N5O6/c1-23(2)21-32-39(49)44-19-8-13-33(44)37(47)40-18-20-50-26-16-14-25(15-17-26)22-31(36(46)41-24(3)35(45)43-32)42-38(48)34-29-11-6-4-9-27(29)28-10-5-7-12-30(28)34/h4-7,9-12,14-17,23-24,31-34H,8,13,18-22H2,1-3H3,(H,40,47)(H,41,46)(H,42,48)(H,43,45)/t24-,31+,32+,33-/m1/s1. The molecule has 1 fully saturated rings. The summed E-state index contributed by atoms with van der Waals surface area (Å²) in [5, 5.41) is 11.5. The van der Waals surface area contributed by atoms with Crippen molar-refractivity contribution in [3.05, 3.63) is 89.5 Å². The second-order valence-corrected chi connectivity index (χ2v) is 13.8. The first kappa shape index (κ1) is 34.7. The van der Waals surface area contributed by atoms with Crippen molar-refractivity contribution >= 4 is 29.5 Å². The fraction of sp³-hybridized carbons (Fsp3) is 0.410. The van der Waals surface area contributed by atoms with Crippen molar-refractivity contribution in [2.75, 3.05) is 19.7 Å². The Kier molecular flexibility index (Phi) is 10.5. The van der Waals surface area contributed by atoms with Gasteiger partial charge in [0.2, 0.25) is 29.5 Å². The maximum absolute atomic E-state index is 14.1. The van der Waals surface area contributed by atoms with Crippen LogP contribution >= 0.6 is 0 Å². The average Bonchev–Trinajstić information content (AvgIpc) is 3.73. The van der Waals surface area contributed by atoms with Gasteiger partial charge >= 0.3 is 0 Å². The lowest BCUT2D eigenvalue weighted by Crippen LogP contribution is -2.58. The molecule has 11 heteroatoms. The number of nitrogens with zero attached hydrogens (tertiary/aromatic N) is 1. The molecule has 0 radical (unpaired) electrons. The predicted octanol–water partition coefficient (Wildman–Crippen LogP) is 3.06.